The first-order chi connectivity index (χ1) is 14.1. The van der Waals surface area contributed by atoms with Crippen LogP contribution in [0.3, 0.4) is 0 Å². The molecule has 2 fully saturated rings. The number of anilines is 1. The van der Waals surface area contributed by atoms with E-state index in [1.807, 2.05) is 6.07 Å². The third-order valence-electron chi connectivity index (χ3n) is 5.16. The van der Waals surface area contributed by atoms with Gasteiger partial charge >= 0.3 is 0 Å². The van der Waals surface area contributed by atoms with Gasteiger partial charge in [0, 0.05) is 37.7 Å². The zero-order valence-corrected chi connectivity index (χ0v) is 15.8. The lowest BCUT2D eigenvalue weighted by atomic mass is 10.0. The predicted molar refractivity (Wildman–Crippen MR) is 103 cm³/mol. The summed E-state index contributed by atoms with van der Waals surface area (Å²) in [5, 5.41) is 11.8. The smallest absolute Gasteiger partial charge is 0.274 e. The number of piperidine rings is 1. The summed E-state index contributed by atoms with van der Waals surface area (Å²) in [5.74, 6) is -1.19. The van der Waals surface area contributed by atoms with E-state index in [0.717, 1.165) is 0 Å². The molecule has 1 spiro atoms. The van der Waals surface area contributed by atoms with E-state index in [9.17, 15) is 9.59 Å². The Morgan fingerprint density at radius 1 is 1.14 bits per heavy atom. The van der Waals surface area contributed by atoms with E-state index in [2.05, 4.69) is 10.3 Å². The Balaban J connectivity index is 1.45. The Hall–Kier alpha value is -3.28. The maximum atomic E-state index is 12.9. The van der Waals surface area contributed by atoms with Crippen LogP contribution < -0.4 is 5.32 Å². The van der Waals surface area contributed by atoms with Gasteiger partial charge in [0.15, 0.2) is 5.79 Å². The van der Waals surface area contributed by atoms with Crippen molar-refractivity contribution >= 4 is 17.5 Å². The van der Waals surface area contributed by atoms with Crippen molar-refractivity contribution in [1.29, 1.82) is 5.26 Å². The highest BCUT2D eigenvalue weighted by Gasteiger charge is 2.40. The lowest BCUT2D eigenvalue weighted by Crippen LogP contribution is -2.47. The van der Waals surface area contributed by atoms with Gasteiger partial charge < -0.3 is 19.7 Å². The van der Waals surface area contributed by atoms with Gasteiger partial charge in [0.2, 0.25) is 0 Å². The van der Waals surface area contributed by atoms with Gasteiger partial charge in [-0.15, -0.1) is 0 Å². The lowest BCUT2D eigenvalue weighted by Gasteiger charge is -2.37. The number of para-hydroxylation sites is 1. The molecule has 148 valence electrons. The molecule has 8 heteroatoms. The van der Waals surface area contributed by atoms with Crippen molar-refractivity contribution in [1.82, 2.24) is 9.88 Å². The van der Waals surface area contributed by atoms with Crippen molar-refractivity contribution in [3.05, 3.63) is 59.4 Å². The number of pyridine rings is 1. The van der Waals surface area contributed by atoms with Crippen LogP contribution in [0.1, 0.15) is 39.3 Å². The number of amides is 2. The van der Waals surface area contributed by atoms with Gasteiger partial charge in [0.05, 0.1) is 24.5 Å². The zero-order chi connectivity index (χ0) is 20.3. The SMILES string of the molecule is N#Cc1ccccc1NC(=O)c1cc(C(=O)N2CCC3(CC2)OCCO3)ccn1. The number of carbonyl (C=O) groups excluding carboxylic acids is 2. The largest absolute Gasteiger partial charge is 0.347 e. The predicted octanol–water partition coefficient (Wildman–Crippen LogP) is 2.18. The van der Waals surface area contributed by atoms with Crippen LogP contribution in [-0.2, 0) is 9.47 Å². The first-order valence-electron chi connectivity index (χ1n) is 9.44. The third-order valence-corrected chi connectivity index (χ3v) is 5.16. The molecule has 4 rings (SSSR count). The van der Waals surface area contributed by atoms with Gasteiger partial charge in [-0.2, -0.15) is 5.26 Å². The van der Waals surface area contributed by atoms with Crippen molar-refractivity contribution in [2.45, 2.75) is 18.6 Å². The number of ether oxygens (including phenoxy) is 2. The summed E-state index contributed by atoms with van der Waals surface area (Å²) in [4.78, 5) is 31.2. The normalized spacial score (nSPS) is 17.7. The van der Waals surface area contributed by atoms with E-state index in [4.69, 9.17) is 14.7 Å². The Morgan fingerprint density at radius 2 is 1.86 bits per heavy atom. The summed E-state index contributed by atoms with van der Waals surface area (Å²) >= 11 is 0. The topological polar surface area (TPSA) is 105 Å². The maximum absolute atomic E-state index is 12.9. The summed E-state index contributed by atoms with van der Waals surface area (Å²) in [5.41, 5.74) is 1.26. The van der Waals surface area contributed by atoms with Crippen molar-refractivity contribution < 1.29 is 19.1 Å². The molecule has 0 bridgehead atoms. The second kappa shape index (κ2) is 7.99. The highest BCUT2D eigenvalue weighted by atomic mass is 16.7. The van der Waals surface area contributed by atoms with Crippen LogP contribution in [0.15, 0.2) is 42.6 Å². The molecular formula is C21H20N4O4. The van der Waals surface area contributed by atoms with Crippen LogP contribution in [-0.4, -0.2) is 53.8 Å². The van der Waals surface area contributed by atoms with Crippen molar-refractivity contribution in [3.8, 4) is 6.07 Å². The molecule has 0 aliphatic carbocycles. The van der Waals surface area contributed by atoms with Crippen LogP contribution in [0.2, 0.25) is 0 Å². The van der Waals surface area contributed by atoms with E-state index in [1.165, 1.54) is 12.3 Å². The number of benzene rings is 1. The average Bonchev–Trinajstić information content (AvgIpc) is 3.22. The molecule has 2 aliphatic rings. The van der Waals surface area contributed by atoms with E-state index >= 15 is 0 Å². The maximum Gasteiger partial charge on any atom is 0.274 e. The summed E-state index contributed by atoms with van der Waals surface area (Å²) < 4.78 is 11.4. The molecule has 0 saturated carbocycles. The molecule has 2 aliphatic heterocycles. The number of nitriles is 1. The van der Waals surface area contributed by atoms with Crippen LogP contribution >= 0.6 is 0 Å². The van der Waals surface area contributed by atoms with Crippen LogP contribution in [0.5, 0.6) is 0 Å². The number of aromatic nitrogens is 1. The Kier molecular flexibility index (Phi) is 5.25. The first-order valence-corrected chi connectivity index (χ1v) is 9.44. The summed E-state index contributed by atoms with van der Waals surface area (Å²) in [6, 6.07) is 11.8. The van der Waals surface area contributed by atoms with Gasteiger partial charge in [-0.1, -0.05) is 12.1 Å². The molecule has 2 aromatic rings. The molecule has 0 atom stereocenters. The fourth-order valence-electron chi connectivity index (χ4n) is 3.58. The third kappa shape index (κ3) is 3.97. The Bertz CT molecular complexity index is 969. The summed E-state index contributed by atoms with van der Waals surface area (Å²) in [6.45, 7) is 2.23. The zero-order valence-electron chi connectivity index (χ0n) is 15.8. The van der Waals surface area contributed by atoms with Gasteiger partial charge in [-0.05, 0) is 24.3 Å². The van der Waals surface area contributed by atoms with E-state index in [-0.39, 0.29) is 11.6 Å². The van der Waals surface area contributed by atoms with Gasteiger partial charge in [-0.3, -0.25) is 14.6 Å². The second-order valence-corrected chi connectivity index (χ2v) is 6.94. The number of likely N-dealkylation sites (tertiary alicyclic amines) is 1. The monoisotopic (exact) mass is 392 g/mol. The summed E-state index contributed by atoms with van der Waals surface area (Å²) in [6.07, 6.45) is 2.69. The minimum absolute atomic E-state index is 0.111. The van der Waals surface area contributed by atoms with Crippen molar-refractivity contribution in [2.75, 3.05) is 31.6 Å². The lowest BCUT2D eigenvalue weighted by molar-refractivity contribution is -0.181. The van der Waals surface area contributed by atoms with Crippen LogP contribution in [0.4, 0.5) is 5.69 Å². The van der Waals surface area contributed by atoms with Gasteiger partial charge in [0.1, 0.15) is 11.8 Å². The minimum atomic E-state index is -0.547. The summed E-state index contributed by atoms with van der Waals surface area (Å²) in [7, 11) is 0. The number of hydrogen-bond acceptors (Lipinski definition) is 6. The molecule has 3 heterocycles. The fraction of sp³-hybridized carbons (Fsp3) is 0.333. The number of rotatable bonds is 3. The fourth-order valence-corrected chi connectivity index (χ4v) is 3.58. The second-order valence-electron chi connectivity index (χ2n) is 6.94. The molecule has 1 aromatic heterocycles. The van der Waals surface area contributed by atoms with E-state index < -0.39 is 11.7 Å². The van der Waals surface area contributed by atoms with Crippen LogP contribution in [0, 0.1) is 11.3 Å². The molecule has 8 nitrogen and oxygen atoms in total. The molecular weight excluding hydrogens is 372 g/mol. The molecule has 2 saturated heterocycles. The Morgan fingerprint density at radius 3 is 2.59 bits per heavy atom. The standard InChI is InChI=1S/C21H20N4O4/c22-14-16-3-1-2-4-17(16)24-19(26)18-13-15(5-8-23-18)20(27)25-9-6-21(7-10-25)28-11-12-29-21/h1-5,8,13H,6-7,9-12H2,(H,24,26). The minimum Gasteiger partial charge on any atom is -0.347 e. The molecule has 29 heavy (non-hydrogen) atoms. The molecule has 1 aromatic carbocycles. The number of hydrogen-bond donors (Lipinski definition) is 1. The van der Waals surface area contributed by atoms with Crippen molar-refractivity contribution in [3.63, 3.8) is 0 Å². The number of nitrogens with zero attached hydrogens (tertiary/aromatic N) is 3. The average molecular weight is 392 g/mol. The highest BCUT2D eigenvalue weighted by molar-refractivity contribution is 6.05. The van der Waals surface area contributed by atoms with Crippen LogP contribution in [0.25, 0.3) is 0 Å². The van der Waals surface area contributed by atoms with Gasteiger partial charge in [0.25, 0.3) is 11.8 Å². The quantitative estimate of drug-likeness (QED) is 0.859. The number of carbonyl (C=O) groups is 2. The molecule has 0 radical (unpaired) electrons. The molecule has 2 amide bonds. The van der Waals surface area contributed by atoms with Crippen molar-refractivity contribution in [2.24, 2.45) is 0 Å². The first kappa shape index (κ1) is 19.1. The Labute approximate surface area is 168 Å². The number of nitrogens with one attached hydrogen (secondary N) is 1. The highest BCUT2D eigenvalue weighted by Crippen LogP contribution is 2.31. The van der Waals surface area contributed by atoms with Gasteiger partial charge in [-0.25, -0.2) is 0 Å². The van der Waals surface area contributed by atoms with E-state index in [0.29, 0.717) is 56.0 Å². The molecule has 1 N–H and O–H groups in total. The van der Waals surface area contributed by atoms with E-state index in [1.54, 1.807) is 35.2 Å². The molecule has 0 unspecified atom stereocenters.